The second-order valence-corrected chi connectivity index (χ2v) is 6.31. The number of carbonyl (C=O) groups is 1. The summed E-state index contributed by atoms with van der Waals surface area (Å²) in [5.74, 6) is 0.967. The van der Waals surface area contributed by atoms with Crippen LogP contribution in [-0.2, 0) is 4.79 Å². The molecule has 0 aliphatic carbocycles. The van der Waals surface area contributed by atoms with Crippen LogP contribution >= 0.6 is 0 Å². The fourth-order valence-corrected chi connectivity index (χ4v) is 3.75. The lowest BCUT2D eigenvalue weighted by atomic mass is 9.89. The van der Waals surface area contributed by atoms with Gasteiger partial charge in [0.2, 0.25) is 5.91 Å². The van der Waals surface area contributed by atoms with Crippen molar-refractivity contribution in [2.24, 2.45) is 5.92 Å². The lowest BCUT2D eigenvalue weighted by Crippen LogP contribution is -2.56. The second kappa shape index (κ2) is 5.60. The Hall–Kier alpha value is -0.570. The average molecular weight is 252 g/mol. The Labute approximate surface area is 111 Å². The van der Waals surface area contributed by atoms with Crippen molar-refractivity contribution < 1.29 is 4.79 Å². The number of amides is 1. The maximum absolute atomic E-state index is 12.9. The van der Waals surface area contributed by atoms with E-state index >= 15 is 0 Å². The van der Waals surface area contributed by atoms with Gasteiger partial charge in [-0.15, -0.1) is 0 Å². The van der Waals surface area contributed by atoms with Crippen LogP contribution in [0.2, 0.25) is 0 Å². The van der Waals surface area contributed by atoms with Gasteiger partial charge in [0, 0.05) is 12.6 Å². The third kappa shape index (κ3) is 2.42. The standard InChI is InChI=1S/C15H28N2O/c1-4-8-15(9-6-10-16-15)14(18)17-11-5-7-13(17)12(2)3/h12-13,16H,4-11H2,1-3H3. The Kier molecular flexibility index (Phi) is 4.31. The maximum atomic E-state index is 12.9. The van der Waals surface area contributed by atoms with Crippen LogP contribution in [0.5, 0.6) is 0 Å². The molecule has 2 rings (SSSR count). The van der Waals surface area contributed by atoms with Gasteiger partial charge >= 0.3 is 0 Å². The lowest BCUT2D eigenvalue weighted by Gasteiger charge is -2.37. The van der Waals surface area contributed by atoms with Crippen LogP contribution in [0.4, 0.5) is 0 Å². The van der Waals surface area contributed by atoms with Crippen molar-refractivity contribution in [3.63, 3.8) is 0 Å². The summed E-state index contributed by atoms with van der Waals surface area (Å²) in [5.41, 5.74) is -0.230. The first-order valence-electron chi connectivity index (χ1n) is 7.67. The zero-order valence-electron chi connectivity index (χ0n) is 12.2. The van der Waals surface area contributed by atoms with E-state index in [1.165, 1.54) is 12.8 Å². The summed E-state index contributed by atoms with van der Waals surface area (Å²) < 4.78 is 0. The van der Waals surface area contributed by atoms with Crippen molar-refractivity contribution in [3.8, 4) is 0 Å². The molecule has 18 heavy (non-hydrogen) atoms. The lowest BCUT2D eigenvalue weighted by molar-refractivity contribution is -0.139. The van der Waals surface area contributed by atoms with Gasteiger partial charge in [0.05, 0.1) is 5.54 Å². The summed E-state index contributed by atoms with van der Waals surface area (Å²) in [6, 6.07) is 0.466. The van der Waals surface area contributed by atoms with E-state index in [4.69, 9.17) is 0 Å². The van der Waals surface area contributed by atoms with E-state index in [-0.39, 0.29) is 5.54 Å². The molecule has 2 fully saturated rings. The molecular formula is C15H28N2O. The molecule has 3 heteroatoms. The summed E-state index contributed by atoms with van der Waals surface area (Å²) in [4.78, 5) is 15.1. The third-order valence-corrected chi connectivity index (χ3v) is 4.66. The molecule has 0 saturated carbocycles. The van der Waals surface area contributed by atoms with Gasteiger partial charge in [-0.2, -0.15) is 0 Å². The number of nitrogens with one attached hydrogen (secondary N) is 1. The van der Waals surface area contributed by atoms with Gasteiger partial charge in [-0.25, -0.2) is 0 Å². The Bertz CT molecular complexity index is 295. The van der Waals surface area contributed by atoms with Gasteiger partial charge in [-0.05, 0) is 44.6 Å². The summed E-state index contributed by atoms with van der Waals surface area (Å²) >= 11 is 0. The molecule has 3 nitrogen and oxygen atoms in total. The summed E-state index contributed by atoms with van der Waals surface area (Å²) in [7, 11) is 0. The number of likely N-dealkylation sites (tertiary alicyclic amines) is 1. The van der Waals surface area contributed by atoms with Gasteiger partial charge in [-0.1, -0.05) is 27.2 Å². The molecule has 0 aromatic carbocycles. The van der Waals surface area contributed by atoms with Gasteiger partial charge in [0.1, 0.15) is 0 Å². The van der Waals surface area contributed by atoms with Gasteiger partial charge in [0.15, 0.2) is 0 Å². The zero-order chi connectivity index (χ0) is 13.2. The topological polar surface area (TPSA) is 32.3 Å². The Balaban J connectivity index is 2.13. The van der Waals surface area contributed by atoms with Crippen LogP contribution in [0.1, 0.15) is 59.3 Å². The maximum Gasteiger partial charge on any atom is 0.243 e. The number of rotatable bonds is 4. The SMILES string of the molecule is CCCC1(C(=O)N2CCCC2C(C)C)CCCN1. The monoisotopic (exact) mass is 252 g/mol. The first-order valence-corrected chi connectivity index (χ1v) is 7.67. The molecule has 0 aromatic rings. The van der Waals surface area contributed by atoms with Crippen LogP contribution in [0, 0.1) is 5.92 Å². The minimum atomic E-state index is -0.230. The van der Waals surface area contributed by atoms with E-state index in [0.29, 0.717) is 17.9 Å². The summed E-state index contributed by atoms with van der Waals surface area (Å²) in [6.07, 6.45) is 6.61. The molecular weight excluding hydrogens is 224 g/mol. The zero-order valence-corrected chi connectivity index (χ0v) is 12.2. The molecule has 1 amide bonds. The van der Waals surface area contributed by atoms with Crippen molar-refractivity contribution in [2.45, 2.75) is 70.9 Å². The highest BCUT2D eigenvalue weighted by atomic mass is 16.2. The number of nitrogens with zero attached hydrogens (tertiary/aromatic N) is 1. The number of hydrogen-bond acceptors (Lipinski definition) is 2. The number of hydrogen-bond donors (Lipinski definition) is 1. The fraction of sp³-hybridized carbons (Fsp3) is 0.933. The number of carbonyl (C=O) groups excluding carboxylic acids is 1. The van der Waals surface area contributed by atoms with Gasteiger partial charge in [0.25, 0.3) is 0 Å². The van der Waals surface area contributed by atoms with Gasteiger partial charge in [-0.3, -0.25) is 4.79 Å². The molecule has 2 saturated heterocycles. The van der Waals surface area contributed by atoms with Gasteiger partial charge < -0.3 is 10.2 Å². The highest BCUT2D eigenvalue weighted by Gasteiger charge is 2.45. The highest BCUT2D eigenvalue weighted by Crippen LogP contribution is 2.32. The highest BCUT2D eigenvalue weighted by molar-refractivity contribution is 5.87. The van der Waals surface area contributed by atoms with Crippen molar-refractivity contribution >= 4 is 5.91 Å². The van der Waals surface area contributed by atoms with Crippen LogP contribution in [-0.4, -0.2) is 35.5 Å². The van der Waals surface area contributed by atoms with Crippen molar-refractivity contribution in [2.75, 3.05) is 13.1 Å². The van der Waals surface area contributed by atoms with Crippen molar-refractivity contribution in [3.05, 3.63) is 0 Å². The molecule has 0 aromatic heterocycles. The van der Waals surface area contributed by atoms with Crippen LogP contribution < -0.4 is 5.32 Å². The normalized spacial score (nSPS) is 32.4. The van der Waals surface area contributed by atoms with E-state index in [9.17, 15) is 4.79 Å². The van der Waals surface area contributed by atoms with E-state index in [2.05, 4.69) is 31.0 Å². The quantitative estimate of drug-likeness (QED) is 0.834. The molecule has 2 aliphatic heterocycles. The van der Waals surface area contributed by atoms with E-state index < -0.39 is 0 Å². The van der Waals surface area contributed by atoms with E-state index in [1.54, 1.807) is 0 Å². The third-order valence-electron chi connectivity index (χ3n) is 4.66. The molecule has 104 valence electrons. The van der Waals surface area contributed by atoms with Crippen LogP contribution in [0.25, 0.3) is 0 Å². The Morgan fingerprint density at radius 2 is 2.22 bits per heavy atom. The first-order chi connectivity index (χ1) is 8.60. The average Bonchev–Trinajstić information content (AvgIpc) is 2.97. The van der Waals surface area contributed by atoms with Crippen LogP contribution in [0.15, 0.2) is 0 Å². The molecule has 2 unspecified atom stereocenters. The molecule has 0 bridgehead atoms. The minimum absolute atomic E-state index is 0.230. The summed E-state index contributed by atoms with van der Waals surface area (Å²) in [6.45, 7) is 8.63. The van der Waals surface area contributed by atoms with Crippen molar-refractivity contribution in [1.29, 1.82) is 0 Å². The molecule has 2 aliphatic rings. The van der Waals surface area contributed by atoms with Crippen molar-refractivity contribution in [1.82, 2.24) is 10.2 Å². The van der Waals surface area contributed by atoms with E-state index in [0.717, 1.165) is 38.8 Å². The fourth-order valence-electron chi connectivity index (χ4n) is 3.75. The molecule has 2 atom stereocenters. The largest absolute Gasteiger partial charge is 0.338 e. The summed E-state index contributed by atoms with van der Waals surface area (Å²) in [5, 5.41) is 3.52. The second-order valence-electron chi connectivity index (χ2n) is 6.31. The predicted octanol–water partition coefficient (Wildman–Crippen LogP) is 2.56. The van der Waals surface area contributed by atoms with Crippen LogP contribution in [0.3, 0.4) is 0 Å². The van der Waals surface area contributed by atoms with E-state index in [1.807, 2.05) is 0 Å². The smallest absolute Gasteiger partial charge is 0.243 e. The Morgan fingerprint density at radius 1 is 1.44 bits per heavy atom. The molecule has 2 heterocycles. The predicted molar refractivity (Wildman–Crippen MR) is 74.4 cm³/mol. The Morgan fingerprint density at radius 3 is 2.78 bits per heavy atom. The minimum Gasteiger partial charge on any atom is -0.338 e. The molecule has 0 spiro atoms. The molecule has 0 radical (unpaired) electrons. The first kappa shape index (κ1) is 13.9. The molecule has 1 N–H and O–H groups in total.